The summed E-state index contributed by atoms with van der Waals surface area (Å²) in [5, 5.41) is 3.70. The molecule has 0 radical (unpaired) electrons. The molecule has 152 valence electrons. The number of halogens is 2. The average molecular weight is 442 g/mol. The third-order valence-electron chi connectivity index (χ3n) is 4.40. The van der Waals surface area contributed by atoms with Crippen molar-refractivity contribution in [2.45, 2.75) is 19.6 Å². The third-order valence-corrected chi connectivity index (χ3v) is 4.93. The molecule has 0 aliphatic carbocycles. The van der Waals surface area contributed by atoms with E-state index >= 15 is 0 Å². The average Bonchev–Trinajstić information content (AvgIpc) is 3.18. The quantitative estimate of drug-likeness (QED) is 0.440. The van der Waals surface area contributed by atoms with E-state index in [-0.39, 0.29) is 5.91 Å². The minimum Gasteiger partial charge on any atom is -0.479 e. The van der Waals surface area contributed by atoms with Gasteiger partial charge >= 0.3 is 0 Å². The Kier molecular flexibility index (Phi) is 5.88. The summed E-state index contributed by atoms with van der Waals surface area (Å²) < 4.78 is 11.3. The second kappa shape index (κ2) is 8.73. The first kappa shape index (κ1) is 20.2. The van der Waals surface area contributed by atoms with E-state index in [0.717, 1.165) is 11.1 Å². The lowest BCUT2D eigenvalue weighted by molar-refractivity contribution is -0.127. The molecule has 0 fully saturated rings. The summed E-state index contributed by atoms with van der Waals surface area (Å²) in [6.07, 6.45) is 0.960. The summed E-state index contributed by atoms with van der Waals surface area (Å²) in [5.41, 5.74) is 2.97. The van der Waals surface area contributed by atoms with Gasteiger partial charge in [-0.2, -0.15) is 4.98 Å². The van der Waals surface area contributed by atoms with Crippen LogP contribution in [0.15, 0.2) is 65.2 Å². The van der Waals surface area contributed by atoms with Gasteiger partial charge in [-0.3, -0.25) is 4.79 Å². The highest BCUT2D eigenvalue weighted by atomic mass is 35.5. The van der Waals surface area contributed by atoms with Crippen molar-refractivity contribution in [2.75, 3.05) is 0 Å². The minimum absolute atomic E-state index is 0.255. The number of ether oxygens (including phenoxy) is 1. The summed E-state index contributed by atoms with van der Waals surface area (Å²) >= 11 is 12.0. The van der Waals surface area contributed by atoms with Gasteiger partial charge in [0.2, 0.25) is 5.89 Å². The molecule has 0 unspecified atom stereocenters. The number of nitrogens with zero attached hydrogens (tertiary/aromatic N) is 2. The van der Waals surface area contributed by atoms with Gasteiger partial charge in [-0.15, -0.1) is 0 Å². The molecule has 6 nitrogen and oxygen atoms in total. The molecule has 2 heterocycles. The largest absolute Gasteiger partial charge is 0.479 e. The minimum atomic E-state index is -0.713. The molecule has 30 heavy (non-hydrogen) atoms. The standard InChI is InChI=1S/C22H17Cl2N3O3/c1-13(29-18-9-8-16(23)11-17(18)24)21(28)26-12-14-4-6-15(7-5-14)22-27-20-19(30-22)3-2-10-25-20/h2-11,13H,12H2,1H3,(H,26,28)/t13-/m1/s1. The van der Waals surface area contributed by atoms with Crippen LogP contribution in [0.25, 0.3) is 22.7 Å². The van der Waals surface area contributed by atoms with Gasteiger partial charge in [0.1, 0.15) is 5.75 Å². The lowest BCUT2D eigenvalue weighted by atomic mass is 10.1. The normalized spacial score (nSPS) is 12.0. The molecular weight excluding hydrogens is 425 g/mol. The number of hydrogen-bond donors (Lipinski definition) is 1. The van der Waals surface area contributed by atoms with Crippen molar-refractivity contribution in [3.05, 3.63) is 76.4 Å². The topological polar surface area (TPSA) is 77.2 Å². The second-order valence-electron chi connectivity index (χ2n) is 6.59. The van der Waals surface area contributed by atoms with Crippen molar-refractivity contribution in [1.82, 2.24) is 15.3 Å². The maximum atomic E-state index is 12.3. The first-order valence-electron chi connectivity index (χ1n) is 9.20. The van der Waals surface area contributed by atoms with Crippen LogP contribution in [0, 0.1) is 0 Å². The van der Waals surface area contributed by atoms with Crippen LogP contribution in [-0.4, -0.2) is 22.0 Å². The maximum Gasteiger partial charge on any atom is 0.261 e. The lowest BCUT2D eigenvalue weighted by Crippen LogP contribution is -2.35. The summed E-state index contributed by atoms with van der Waals surface area (Å²) in [4.78, 5) is 20.9. The van der Waals surface area contributed by atoms with Crippen molar-refractivity contribution < 1.29 is 13.9 Å². The van der Waals surface area contributed by atoms with Gasteiger partial charge < -0.3 is 14.5 Å². The Labute approximate surface area is 182 Å². The molecular formula is C22H17Cl2N3O3. The number of carbonyl (C=O) groups is 1. The summed E-state index contributed by atoms with van der Waals surface area (Å²) in [6, 6.07) is 16.1. The lowest BCUT2D eigenvalue weighted by Gasteiger charge is -2.16. The van der Waals surface area contributed by atoms with Crippen molar-refractivity contribution in [3.8, 4) is 17.2 Å². The Bertz CT molecular complexity index is 1160. The zero-order chi connectivity index (χ0) is 21.1. The Balaban J connectivity index is 1.35. The van der Waals surface area contributed by atoms with E-state index in [1.165, 1.54) is 0 Å². The van der Waals surface area contributed by atoms with Gasteiger partial charge in [-0.25, -0.2) is 4.98 Å². The molecule has 2 aromatic carbocycles. The van der Waals surface area contributed by atoms with E-state index in [9.17, 15) is 4.79 Å². The SMILES string of the molecule is C[C@@H](Oc1ccc(Cl)cc1Cl)C(=O)NCc1ccc(-c2nc3ncccc3o2)cc1. The fourth-order valence-corrected chi connectivity index (χ4v) is 3.26. The van der Waals surface area contributed by atoms with Crippen LogP contribution in [0.1, 0.15) is 12.5 Å². The van der Waals surface area contributed by atoms with Crippen molar-refractivity contribution in [3.63, 3.8) is 0 Å². The predicted octanol–water partition coefficient (Wildman–Crippen LogP) is 5.28. The number of pyridine rings is 1. The Hall–Kier alpha value is -3.09. The molecule has 0 aliphatic heterocycles. The molecule has 2 aromatic heterocycles. The molecule has 1 amide bonds. The Morgan fingerprint density at radius 3 is 2.70 bits per heavy atom. The number of rotatable bonds is 6. The zero-order valence-electron chi connectivity index (χ0n) is 15.9. The monoisotopic (exact) mass is 441 g/mol. The molecule has 8 heteroatoms. The Morgan fingerprint density at radius 1 is 1.17 bits per heavy atom. The molecule has 0 bridgehead atoms. The smallest absolute Gasteiger partial charge is 0.261 e. The van der Waals surface area contributed by atoms with Crippen LogP contribution >= 0.6 is 23.2 Å². The highest BCUT2D eigenvalue weighted by Crippen LogP contribution is 2.28. The third kappa shape index (κ3) is 4.56. The highest BCUT2D eigenvalue weighted by molar-refractivity contribution is 6.35. The van der Waals surface area contributed by atoms with Crippen molar-refractivity contribution >= 4 is 40.3 Å². The number of aromatic nitrogens is 2. The first-order chi connectivity index (χ1) is 14.5. The van der Waals surface area contributed by atoms with Crippen LogP contribution in [0.5, 0.6) is 5.75 Å². The summed E-state index contributed by atoms with van der Waals surface area (Å²) in [6.45, 7) is 2.01. The van der Waals surface area contributed by atoms with E-state index in [4.69, 9.17) is 32.4 Å². The fraction of sp³-hybridized carbons (Fsp3) is 0.136. The summed E-state index contributed by atoms with van der Waals surface area (Å²) in [7, 11) is 0. The number of hydrogen-bond acceptors (Lipinski definition) is 5. The van der Waals surface area contributed by atoms with Crippen molar-refractivity contribution in [1.29, 1.82) is 0 Å². The van der Waals surface area contributed by atoms with Gasteiger partial charge in [-0.05, 0) is 55.0 Å². The zero-order valence-corrected chi connectivity index (χ0v) is 17.4. The van der Waals surface area contributed by atoms with Crippen LogP contribution in [0.3, 0.4) is 0 Å². The molecule has 0 aliphatic rings. The van der Waals surface area contributed by atoms with E-state index in [2.05, 4.69) is 15.3 Å². The fourth-order valence-electron chi connectivity index (χ4n) is 2.81. The van der Waals surface area contributed by atoms with E-state index in [1.807, 2.05) is 30.3 Å². The van der Waals surface area contributed by atoms with Gasteiger partial charge in [0, 0.05) is 23.3 Å². The number of benzene rings is 2. The number of nitrogens with one attached hydrogen (secondary N) is 1. The molecule has 4 rings (SSSR count). The van der Waals surface area contributed by atoms with E-state index in [0.29, 0.717) is 39.5 Å². The molecule has 1 N–H and O–H groups in total. The maximum absolute atomic E-state index is 12.3. The van der Waals surface area contributed by atoms with Crippen LogP contribution < -0.4 is 10.1 Å². The van der Waals surface area contributed by atoms with Crippen LogP contribution in [-0.2, 0) is 11.3 Å². The number of carbonyl (C=O) groups excluding carboxylic acids is 1. The second-order valence-corrected chi connectivity index (χ2v) is 7.44. The highest BCUT2D eigenvalue weighted by Gasteiger charge is 2.16. The summed E-state index contributed by atoms with van der Waals surface area (Å²) in [5.74, 6) is 0.650. The predicted molar refractivity (Wildman–Crippen MR) is 116 cm³/mol. The van der Waals surface area contributed by atoms with E-state index < -0.39 is 6.10 Å². The molecule has 1 atom stereocenters. The number of amides is 1. The van der Waals surface area contributed by atoms with Crippen LogP contribution in [0.2, 0.25) is 10.0 Å². The number of fused-ring (bicyclic) bond motifs is 1. The first-order valence-corrected chi connectivity index (χ1v) is 9.95. The van der Waals surface area contributed by atoms with Gasteiger partial charge in [0.05, 0.1) is 5.02 Å². The molecule has 4 aromatic rings. The molecule has 0 saturated heterocycles. The molecule has 0 saturated carbocycles. The van der Waals surface area contributed by atoms with Crippen molar-refractivity contribution in [2.24, 2.45) is 0 Å². The van der Waals surface area contributed by atoms with Gasteiger partial charge in [0.15, 0.2) is 17.3 Å². The van der Waals surface area contributed by atoms with Crippen LogP contribution in [0.4, 0.5) is 0 Å². The number of oxazole rings is 1. The van der Waals surface area contributed by atoms with Gasteiger partial charge in [-0.1, -0.05) is 35.3 Å². The Morgan fingerprint density at radius 2 is 1.97 bits per heavy atom. The van der Waals surface area contributed by atoms with E-state index in [1.54, 1.807) is 37.4 Å². The molecule has 0 spiro atoms. The van der Waals surface area contributed by atoms with Gasteiger partial charge in [0.25, 0.3) is 5.91 Å².